The van der Waals surface area contributed by atoms with E-state index in [1.165, 1.54) is 0 Å². The number of nitrogen functional groups attached to an aromatic ring is 1. The predicted molar refractivity (Wildman–Crippen MR) is 84.2 cm³/mol. The van der Waals surface area contributed by atoms with Crippen molar-refractivity contribution in [1.82, 2.24) is 5.32 Å². The quantitative estimate of drug-likeness (QED) is 0.720. The van der Waals surface area contributed by atoms with Gasteiger partial charge in [0.2, 0.25) is 0 Å². The number of sulfone groups is 1. The Bertz CT molecular complexity index is 657. The van der Waals surface area contributed by atoms with Gasteiger partial charge in [0.1, 0.15) is 0 Å². The molecule has 2 rings (SSSR count). The molecular weight excluding hydrogens is 290 g/mol. The zero-order valence-corrected chi connectivity index (χ0v) is 13.1. The van der Waals surface area contributed by atoms with Crippen LogP contribution in [0.4, 0.5) is 11.4 Å². The average molecular weight is 311 g/mol. The molecule has 0 bridgehead atoms. The molecule has 0 aliphatic carbocycles. The minimum Gasteiger partial charge on any atom is -0.397 e. The summed E-state index contributed by atoms with van der Waals surface area (Å²) in [5.41, 5.74) is 6.96. The van der Waals surface area contributed by atoms with Gasteiger partial charge in [0, 0.05) is 17.6 Å². The smallest absolute Gasteiger partial charge is 0.251 e. The monoisotopic (exact) mass is 311 g/mol. The molecular formula is C14H21N3O3S. The topological polar surface area (TPSA) is 101 Å². The van der Waals surface area contributed by atoms with Crippen LogP contribution in [0, 0.1) is 0 Å². The highest BCUT2D eigenvalue weighted by Crippen LogP contribution is 2.30. The van der Waals surface area contributed by atoms with E-state index in [0.29, 0.717) is 29.9 Å². The fourth-order valence-corrected chi connectivity index (χ4v) is 4.60. The Balaban J connectivity index is 2.24. The second-order valence-electron chi connectivity index (χ2n) is 5.69. The normalized spacial score (nSPS) is 23.7. The van der Waals surface area contributed by atoms with Crippen molar-refractivity contribution in [3.63, 3.8) is 0 Å². The van der Waals surface area contributed by atoms with Gasteiger partial charge in [0.15, 0.2) is 9.84 Å². The lowest BCUT2D eigenvalue weighted by molar-refractivity contribution is 0.0956. The van der Waals surface area contributed by atoms with Gasteiger partial charge < -0.3 is 16.4 Å². The molecule has 1 aliphatic rings. The molecule has 0 radical (unpaired) electrons. The molecule has 21 heavy (non-hydrogen) atoms. The lowest BCUT2D eigenvalue weighted by atomic mass is 10.0. The van der Waals surface area contributed by atoms with E-state index in [-0.39, 0.29) is 17.4 Å². The number of hydrogen-bond donors (Lipinski definition) is 3. The van der Waals surface area contributed by atoms with Gasteiger partial charge in [-0.15, -0.1) is 0 Å². The van der Waals surface area contributed by atoms with E-state index in [2.05, 4.69) is 10.6 Å². The fraction of sp³-hybridized carbons (Fsp3) is 0.500. The Morgan fingerprint density at radius 1 is 1.43 bits per heavy atom. The van der Waals surface area contributed by atoms with Crippen molar-refractivity contribution < 1.29 is 13.2 Å². The highest BCUT2D eigenvalue weighted by molar-refractivity contribution is 7.91. The molecule has 0 spiro atoms. The maximum absolute atomic E-state index is 11.9. The number of carbonyl (C=O) groups excluding carboxylic acids is 1. The lowest BCUT2D eigenvalue weighted by Gasteiger charge is -2.26. The van der Waals surface area contributed by atoms with Gasteiger partial charge in [-0.25, -0.2) is 8.42 Å². The number of anilines is 2. The first-order valence-electron chi connectivity index (χ1n) is 6.91. The van der Waals surface area contributed by atoms with E-state index in [1.54, 1.807) is 18.2 Å². The number of amides is 1. The van der Waals surface area contributed by atoms with Crippen molar-refractivity contribution in [2.45, 2.75) is 25.8 Å². The molecule has 7 heteroatoms. The van der Waals surface area contributed by atoms with Gasteiger partial charge in [0.05, 0.1) is 22.9 Å². The predicted octanol–water partition coefficient (Wildman–Crippen LogP) is 1.01. The largest absolute Gasteiger partial charge is 0.397 e. The first-order valence-corrected chi connectivity index (χ1v) is 8.73. The van der Waals surface area contributed by atoms with Crippen molar-refractivity contribution in [1.29, 1.82) is 0 Å². The van der Waals surface area contributed by atoms with Crippen LogP contribution in [-0.2, 0) is 9.84 Å². The average Bonchev–Trinajstić information content (AvgIpc) is 2.66. The van der Waals surface area contributed by atoms with Crippen molar-refractivity contribution >= 4 is 27.1 Å². The van der Waals surface area contributed by atoms with Crippen LogP contribution in [0.2, 0.25) is 0 Å². The summed E-state index contributed by atoms with van der Waals surface area (Å²) >= 11 is 0. The molecule has 0 aromatic heterocycles. The van der Waals surface area contributed by atoms with E-state index in [4.69, 9.17) is 5.73 Å². The molecule has 0 saturated carbocycles. The maximum Gasteiger partial charge on any atom is 0.251 e. The molecule has 116 valence electrons. The van der Waals surface area contributed by atoms with E-state index in [9.17, 15) is 13.2 Å². The summed E-state index contributed by atoms with van der Waals surface area (Å²) in [5.74, 6) is 0.0711. The summed E-state index contributed by atoms with van der Waals surface area (Å²) in [6, 6.07) is 4.97. The van der Waals surface area contributed by atoms with Crippen LogP contribution in [-0.4, -0.2) is 37.9 Å². The summed E-state index contributed by atoms with van der Waals surface area (Å²) in [6.07, 6.45) is 0.528. The summed E-state index contributed by atoms with van der Waals surface area (Å²) in [6.45, 7) is 4.25. The molecule has 1 amide bonds. The minimum absolute atomic E-state index is 0.0742. The molecule has 4 N–H and O–H groups in total. The highest BCUT2D eigenvalue weighted by atomic mass is 32.2. The third kappa shape index (κ3) is 3.66. The van der Waals surface area contributed by atoms with Gasteiger partial charge in [-0.05, 0) is 38.5 Å². The summed E-state index contributed by atoms with van der Waals surface area (Å²) < 4.78 is 23.3. The number of hydrogen-bond acceptors (Lipinski definition) is 5. The van der Waals surface area contributed by atoms with Crippen LogP contribution in [0.3, 0.4) is 0 Å². The van der Waals surface area contributed by atoms with E-state index >= 15 is 0 Å². The minimum atomic E-state index is -3.00. The van der Waals surface area contributed by atoms with E-state index in [1.807, 2.05) is 13.8 Å². The van der Waals surface area contributed by atoms with Crippen LogP contribution in [0.1, 0.15) is 30.6 Å². The Morgan fingerprint density at radius 2 is 2.14 bits per heavy atom. The molecule has 1 aliphatic heterocycles. The van der Waals surface area contributed by atoms with Crippen LogP contribution in [0.5, 0.6) is 0 Å². The van der Waals surface area contributed by atoms with Crippen molar-refractivity contribution in [3.8, 4) is 0 Å². The molecule has 1 heterocycles. The third-order valence-corrected chi connectivity index (χ3v) is 5.50. The first-order chi connectivity index (χ1) is 9.75. The SMILES string of the molecule is CCNC(=O)c1ccc(N)c(NC2(C)CCS(=O)(=O)C2)c1. The second-order valence-corrected chi connectivity index (χ2v) is 7.87. The molecule has 1 atom stereocenters. The number of benzene rings is 1. The van der Waals surface area contributed by atoms with Crippen molar-refractivity contribution in [3.05, 3.63) is 23.8 Å². The summed E-state index contributed by atoms with van der Waals surface area (Å²) in [7, 11) is -3.00. The summed E-state index contributed by atoms with van der Waals surface area (Å²) in [4.78, 5) is 11.9. The van der Waals surface area contributed by atoms with Crippen molar-refractivity contribution in [2.75, 3.05) is 29.1 Å². The van der Waals surface area contributed by atoms with Gasteiger partial charge >= 0.3 is 0 Å². The lowest BCUT2D eigenvalue weighted by Crippen LogP contribution is -2.36. The van der Waals surface area contributed by atoms with Crippen molar-refractivity contribution in [2.24, 2.45) is 0 Å². The zero-order chi connectivity index (χ0) is 15.7. The number of carbonyl (C=O) groups is 1. The molecule has 1 saturated heterocycles. The van der Waals surface area contributed by atoms with Gasteiger partial charge in [-0.3, -0.25) is 4.79 Å². The maximum atomic E-state index is 11.9. The van der Waals surface area contributed by atoms with Gasteiger partial charge in [0.25, 0.3) is 5.91 Å². The van der Waals surface area contributed by atoms with E-state index < -0.39 is 15.4 Å². The standard InChI is InChI=1S/C14H21N3O3S/c1-3-16-13(18)10-4-5-11(15)12(8-10)17-14(2)6-7-21(19,20)9-14/h4-5,8,17H,3,6-7,9,15H2,1-2H3,(H,16,18). The highest BCUT2D eigenvalue weighted by Gasteiger charge is 2.38. The number of nitrogens with two attached hydrogens (primary N) is 1. The fourth-order valence-electron chi connectivity index (χ4n) is 2.50. The molecule has 6 nitrogen and oxygen atoms in total. The second kappa shape index (κ2) is 5.55. The third-order valence-electron chi connectivity index (χ3n) is 3.59. The van der Waals surface area contributed by atoms with Gasteiger partial charge in [-0.2, -0.15) is 0 Å². The Labute approximate surface area is 125 Å². The number of rotatable bonds is 4. The summed E-state index contributed by atoms with van der Waals surface area (Å²) in [5, 5.41) is 5.92. The Hall–Kier alpha value is -1.76. The Kier molecular flexibility index (Phi) is 4.13. The number of nitrogens with one attached hydrogen (secondary N) is 2. The Morgan fingerprint density at radius 3 is 2.71 bits per heavy atom. The zero-order valence-electron chi connectivity index (χ0n) is 12.3. The van der Waals surface area contributed by atoms with Gasteiger partial charge in [-0.1, -0.05) is 0 Å². The molecule has 1 fully saturated rings. The molecule has 1 aromatic rings. The molecule has 1 aromatic carbocycles. The first kappa shape index (κ1) is 15.6. The van der Waals surface area contributed by atoms with Crippen LogP contribution in [0.25, 0.3) is 0 Å². The van der Waals surface area contributed by atoms with E-state index in [0.717, 1.165) is 0 Å². The van der Waals surface area contributed by atoms with Crippen LogP contribution >= 0.6 is 0 Å². The molecule has 1 unspecified atom stereocenters. The van der Waals surface area contributed by atoms with Crippen LogP contribution < -0.4 is 16.4 Å². The van der Waals surface area contributed by atoms with Crippen LogP contribution in [0.15, 0.2) is 18.2 Å².